The van der Waals surface area contributed by atoms with Gasteiger partial charge in [0.15, 0.2) is 0 Å². The zero-order chi connectivity index (χ0) is 10.4. The Morgan fingerprint density at radius 2 is 2.21 bits per heavy atom. The summed E-state index contributed by atoms with van der Waals surface area (Å²) in [4.78, 5) is 11.4. The number of ether oxygens (including phenoxy) is 1. The molecule has 0 heterocycles. The summed E-state index contributed by atoms with van der Waals surface area (Å²) in [6.07, 6.45) is 0.778. The summed E-state index contributed by atoms with van der Waals surface area (Å²) in [5.74, 6) is -0.427. The van der Waals surface area contributed by atoms with E-state index in [-0.39, 0.29) is 0 Å². The molecule has 0 fully saturated rings. The third kappa shape index (κ3) is 2.33. The Morgan fingerprint density at radius 3 is 2.86 bits per heavy atom. The Morgan fingerprint density at radius 1 is 1.50 bits per heavy atom. The zero-order valence-electron chi connectivity index (χ0n) is 7.99. The van der Waals surface area contributed by atoms with Crippen molar-refractivity contribution in [2.75, 3.05) is 6.61 Å². The van der Waals surface area contributed by atoms with Gasteiger partial charge < -0.3 is 4.74 Å². The molecule has 3 nitrogen and oxygen atoms in total. The lowest BCUT2D eigenvalue weighted by Gasteiger charge is -2.03. The van der Waals surface area contributed by atoms with Crippen molar-refractivity contribution in [3.05, 3.63) is 35.4 Å². The zero-order valence-corrected chi connectivity index (χ0v) is 7.99. The first-order valence-corrected chi connectivity index (χ1v) is 4.45. The Balaban J connectivity index is 2.85. The van der Waals surface area contributed by atoms with Gasteiger partial charge in [0, 0.05) is 0 Å². The van der Waals surface area contributed by atoms with Crippen LogP contribution in [0.15, 0.2) is 24.3 Å². The largest absolute Gasteiger partial charge is 0.462 e. The third-order valence-corrected chi connectivity index (χ3v) is 1.70. The van der Waals surface area contributed by atoms with Gasteiger partial charge in [-0.2, -0.15) is 5.26 Å². The van der Waals surface area contributed by atoms with Crippen LogP contribution in [-0.2, 0) is 4.74 Å². The summed E-state index contributed by atoms with van der Waals surface area (Å²) in [5, 5.41) is 8.73. The van der Waals surface area contributed by atoms with Crippen LogP contribution in [-0.4, -0.2) is 12.6 Å². The molecule has 0 aromatic heterocycles. The number of carbonyl (C=O) groups is 1. The predicted molar refractivity (Wildman–Crippen MR) is 51.7 cm³/mol. The summed E-state index contributed by atoms with van der Waals surface area (Å²) >= 11 is 0. The Hall–Kier alpha value is -1.82. The first kappa shape index (κ1) is 10.3. The van der Waals surface area contributed by atoms with E-state index >= 15 is 0 Å². The van der Waals surface area contributed by atoms with E-state index < -0.39 is 5.97 Å². The minimum atomic E-state index is -0.427. The van der Waals surface area contributed by atoms with Crippen LogP contribution in [0.25, 0.3) is 0 Å². The number of hydrogen-bond acceptors (Lipinski definition) is 3. The maximum atomic E-state index is 11.4. The minimum absolute atomic E-state index is 0.337. The first-order valence-electron chi connectivity index (χ1n) is 4.45. The highest BCUT2D eigenvalue weighted by Gasteiger charge is 2.10. The summed E-state index contributed by atoms with van der Waals surface area (Å²) in [6.45, 7) is 2.31. The smallest absolute Gasteiger partial charge is 0.339 e. The molecule has 3 heteroatoms. The first-order chi connectivity index (χ1) is 6.79. The average molecular weight is 189 g/mol. The minimum Gasteiger partial charge on any atom is -0.462 e. The van der Waals surface area contributed by atoms with Crippen LogP contribution in [0, 0.1) is 11.3 Å². The van der Waals surface area contributed by atoms with Gasteiger partial charge in [0.2, 0.25) is 0 Å². The van der Waals surface area contributed by atoms with Crippen LogP contribution >= 0.6 is 0 Å². The molecule has 0 spiro atoms. The normalized spacial score (nSPS) is 9.14. The molecule has 0 amide bonds. The average Bonchev–Trinajstić information content (AvgIpc) is 2.25. The molecule has 0 atom stereocenters. The maximum Gasteiger partial charge on any atom is 0.339 e. The number of carbonyl (C=O) groups excluding carboxylic acids is 1. The number of esters is 1. The van der Waals surface area contributed by atoms with E-state index in [2.05, 4.69) is 0 Å². The van der Waals surface area contributed by atoms with Crippen LogP contribution in [0.5, 0.6) is 0 Å². The van der Waals surface area contributed by atoms with Crippen molar-refractivity contribution in [2.24, 2.45) is 0 Å². The Bertz CT molecular complexity index is 366. The third-order valence-electron chi connectivity index (χ3n) is 1.70. The Kier molecular flexibility index (Phi) is 3.69. The molecular weight excluding hydrogens is 178 g/mol. The second kappa shape index (κ2) is 5.03. The van der Waals surface area contributed by atoms with Crippen molar-refractivity contribution in [3.8, 4) is 6.07 Å². The lowest BCUT2D eigenvalue weighted by molar-refractivity contribution is 0.0505. The van der Waals surface area contributed by atoms with Gasteiger partial charge in [-0.1, -0.05) is 19.1 Å². The SMILES string of the molecule is CCCOC(=O)c1ccccc1C#N. The lowest BCUT2D eigenvalue weighted by atomic mass is 10.1. The van der Waals surface area contributed by atoms with Gasteiger partial charge >= 0.3 is 5.97 Å². The van der Waals surface area contributed by atoms with E-state index in [4.69, 9.17) is 10.00 Å². The van der Waals surface area contributed by atoms with Crippen LogP contribution in [0.2, 0.25) is 0 Å². The van der Waals surface area contributed by atoms with Gasteiger partial charge in [-0.3, -0.25) is 0 Å². The predicted octanol–water partition coefficient (Wildman–Crippen LogP) is 2.13. The van der Waals surface area contributed by atoms with E-state index in [0.29, 0.717) is 17.7 Å². The van der Waals surface area contributed by atoms with Crippen molar-refractivity contribution >= 4 is 5.97 Å². The lowest BCUT2D eigenvalue weighted by Crippen LogP contribution is -2.07. The van der Waals surface area contributed by atoms with E-state index in [1.807, 2.05) is 13.0 Å². The molecule has 0 saturated heterocycles. The van der Waals surface area contributed by atoms with Crippen molar-refractivity contribution in [2.45, 2.75) is 13.3 Å². The van der Waals surface area contributed by atoms with Crippen molar-refractivity contribution < 1.29 is 9.53 Å². The molecule has 14 heavy (non-hydrogen) atoms. The summed E-state index contributed by atoms with van der Waals surface area (Å²) in [6, 6.07) is 8.57. The summed E-state index contributed by atoms with van der Waals surface area (Å²) < 4.78 is 4.93. The molecular formula is C11H11NO2. The molecule has 0 radical (unpaired) electrons. The molecule has 0 aliphatic rings. The van der Waals surface area contributed by atoms with Gasteiger partial charge in [-0.05, 0) is 18.6 Å². The molecule has 0 bridgehead atoms. The molecule has 1 aromatic carbocycles. The highest BCUT2D eigenvalue weighted by atomic mass is 16.5. The molecule has 0 saturated carbocycles. The molecule has 0 N–H and O–H groups in total. The molecule has 1 aromatic rings. The van der Waals surface area contributed by atoms with E-state index in [1.165, 1.54) is 0 Å². The van der Waals surface area contributed by atoms with Crippen LogP contribution in [0.1, 0.15) is 29.3 Å². The van der Waals surface area contributed by atoms with Crippen LogP contribution in [0.4, 0.5) is 0 Å². The molecule has 72 valence electrons. The standard InChI is InChI=1S/C11H11NO2/c1-2-7-14-11(13)10-6-4-3-5-9(10)8-12/h3-6H,2,7H2,1H3. The maximum absolute atomic E-state index is 11.4. The summed E-state index contributed by atoms with van der Waals surface area (Å²) in [7, 11) is 0. The number of benzene rings is 1. The molecule has 0 aliphatic heterocycles. The van der Waals surface area contributed by atoms with Crippen LogP contribution in [0.3, 0.4) is 0 Å². The quantitative estimate of drug-likeness (QED) is 0.684. The second-order valence-electron chi connectivity index (χ2n) is 2.79. The molecule has 0 aliphatic carbocycles. The van der Waals surface area contributed by atoms with Crippen molar-refractivity contribution in [3.63, 3.8) is 0 Å². The number of nitriles is 1. The van der Waals surface area contributed by atoms with Crippen molar-refractivity contribution in [1.82, 2.24) is 0 Å². The van der Waals surface area contributed by atoms with E-state index in [0.717, 1.165) is 6.42 Å². The van der Waals surface area contributed by atoms with Gasteiger partial charge in [-0.25, -0.2) is 4.79 Å². The Labute approximate surface area is 82.9 Å². The highest BCUT2D eigenvalue weighted by Crippen LogP contribution is 2.08. The van der Waals surface area contributed by atoms with Gasteiger partial charge in [0.05, 0.1) is 17.7 Å². The second-order valence-corrected chi connectivity index (χ2v) is 2.79. The number of hydrogen-bond donors (Lipinski definition) is 0. The fraction of sp³-hybridized carbons (Fsp3) is 0.273. The monoisotopic (exact) mass is 189 g/mol. The summed E-state index contributed by atoms with van der Waals surface area (Å²) in [5.41, 5.74) is 0.692. The fourth-order valence-electron chi connectivity index (χ4n) is 1.03. The topological polar surface area (TPSA) is 50.1 Å². The fourth-order valence-corrected chi connectivity index (χ4v) is 1.03. The van der Waals surface area contributed by atoms with E-state index in [1.54, 1.807) is 24.3 Å². The van der Waals surface area contributed by atoms with Gasteiger partial charge in [0.1, 0.15) is 6.07 Å². The van der Waals surface area contributed by atoms with Crippen LogP contribution < -0.4 is 0 Å². The van der Waals surface area contributed by atoms with E-state index in [9.17, 15) is 4.79 Å². The molecule has 1 rings (SSSR count). The van der Waals surface area contributed by atoms with Gasteiger partial charge in [0.25, 0.3) is 0 Å². The van der Waals surface area contributed by atoms with Crippen molar-refractivity contribution in [1.29, 1.82) is 5.26 Å². The number of rotatable bonds is 3. The number of nitrogens with zero attached hydrogens (tertiary/aromatic N) is 1. The highest BCUT2D eigenvalue weighted by molar-refractivity contribution is 5.92. The van der Waals surface area contributed by atoms with Gasteiger partial charge in [-0.15, -0.1) is 0 Å². The molecule has 0 unspecified atom stereocenters.